The van der Waals surface area contributed by atoms with Gasteiger partial charge in [-0.25, -0.2) is 22.0 Å². The molecular weight excluding hydrogens is 454 g/mol. The molecular formula is C21H21N3O6S2. The minimum Gasteiger partial charge on any atom is -0.496 e. The van der Waals surface area contributed by atoms with Gasteiger partial charge in [0.25, 0.3) is 5.91 Å². The quantitative estimate of drug-likeness (QED) is 0.479. The molecule has 0 atom stereocenters. The number of nitrogens with two attached hydrogens (primary N) is 1. The van der Waals surface area contributed by atoms with Gasteiger partial charge in [0.05, 0.1) is 23.8 Å². The van der Waals surface area contributed by atoms with Crippen LogP contribution >= 0.6 is 0 Å². The Morgan fingerprint density at radius 1 is 0.906 bits per heavy atom. The molecule has 32 heavy (non-hydrogen) atoms. The molecule has 0 bridgehead atoms. The van der Waals surface area contributed by atoms with Crippen molar-refractivity contribution < 1.29 is 26.4 Å². The van der Waals surface area contributed by atoms with Gasteiger partial charge in [-0.15, -0.1) is 0 Å². The number of amides is 1. The molecule has 0 aliphatic rings. The van der Waals surface area contributed by atoms with Crippen LogP contribution in [0.2, 0.25) is 0 Å². The second-order valence-electron chi connectivity index (χ2n) is 6.86. The van der Waals surface area contributed by atoms with Crippen LogP contribution in [0.1, 0.15) is 10.4 Å². The van der Waals surface area contributed by atoms with E-state index < -0.39 is 26.0 Å². The number of rotatable bonds is 7. The van der Waals surface area contributed by atoms with Gasteiger partial charge in [0.2, 0.25) is 20.0 Å². The minimum atomic E-state index is -3.90. The fourth-order valence-corrected chi connectivity index (χ4v) is 4.36. The largest absolute Gasteiger partial charge is 0.496 e. The molecule has 4 N–H and O–H groups in total. The first kappa shape index (κ1) is 23.3. The van der Waals surface area contributed by atoms with Crippen molar-refractivity contribution in [2.45, 2.75) is 4.90 Å². The Kier molecular flexibility index (Phi) is 6.53. The van der Waals surface area contributed by atoms with Crippen molar-refractivity contribution in [1.82, 2.24) is 0 Å². The highest BCUT2D eigenvalue weighted by molar-refractivity contribution is 7.92. The van der Waals surface area contributed by atoms with Crippen LogP contribution in [0.15, 0.2) is 71.6 Å². The van der Waals surface area contributed by atoms with Crippen molar-refractivity contribution in [1.29, 1.82) is 0 Å². The van der Waals surface area contributed by atoms with Crippen LogP contribution in [-0.2, 0) is 20.0 Å². The summed E-state index contributed by atoms with van der Waals surface area (Å²) in [5.74, 6) is -0.253. The third-order valence-corrected chi connectivity index (χ3v) is 5.97. The molecule has 0 heterocycles. The zero-order valence-corrected chi connectivity index (χ0v) is 18.8. The number of ether oxygens (including phenoxy) is 1. The molecule has 0 saturated heterocycles. The molecule has 0 radical (unpaired) electrons. The molecule has 0 aliphatic heterocycles. The number of sulfonamides is 2. The van der Waals surface area contributed by atoms with Gasteiger partial charge in [-0.1, -0.05) is 30.3 Å². The molecule has 0 aliphatic carbocycles. The van der Waals surface area contributed by atoms with E-state index in [1.165, 1.54) is 31.4 Å². The second kappa shape index (κ2) is 8.99. The van der Waals surface area contributed by atoms with Crippen LogP contribution < -0.4 is 19.9 Å². The minimum absolute atomic E-state index is 0.00304. The van der Waals surface area contributed by atoms with Gasteiger partial charge in [0.15, 0.2) is 0 Å². The van der Waals surface area contributed by atoms with Gasteiger partial charge < -0.3 is 10.1 Å². The second-order valence-corrected chi connectivity index (χ2v) is 10.1. The molecule has 3 aromatic rings. The Balaban J connectivity index is 1.87. The summed E-state index contributed by atoms with van der Waals surface area (Å²) in [6, 6.07) is 17.2. The van der Waals surface area contributed by atoms with Crippen LogP contribution in [0.5, 0.6) is 5.75 Å². The fourth-order valence-electron chi connectivity index (χ4n) is 3.05. The average Bonchev–Trinajstić information content (AvgIpc) is 2.72. The van der Waals surface area contributed by atoms with E-state index in [2.05, 4.69) is 10.0 Å². The normalized spacial score (nSPS) is 11.6. The first-order valence-corrected chi connectivity index (χ1v) is 12.6. The van der Waals surface area contributed by atoms with E-state index in [4.69, 9.17) is 9.88 Å². The summed E-state index contributed by atoms with van der Waals surface area (Å²) in [6.45, 7) is 0. The van der Waals surface area contributed by atoms with E-state index in [0.29, 0.717) is 16.8 Å². The molecule has 0 fully saturated rings. The lowest BCUT2D eigenvalue weighted by atomic mass is 10.1. The van der Waals surface area contributed by atoms with Crippen LogP contribution in [0.4, 0.5) is 11.4 Å². The summed E-state index contributed by atoms with van der Waals surface area (Å²) in [7, 11) is -6.03. The summed E-state index contributed by atoms with van der Waals surface area (Å²) in [5.41, 5.74) is 1.83. The van der Waals surface area contributed by atoms with Crippen LogP contribution in [0.25, 0.3) is 11.1 Å². The fraction of sp³-hybridized carbons (Fsp3) is 0.0952. The summed E-state index contributed by atoms with van der Waals surface area (Å²) >= 11 is 0. The summed E-state index contributed by atoms with van der Waals surface area (Å²) in [4.78, 5) is 12.8. The Bertz CT molecular complexity index is 1370. The van der Waals surface area contributed by atoms with E-state index in [9.17, 15) is 21.6 Å². The van der Waals surface area contributed by atoms with Crippen LogP contribution in [-0.4, -0.2) is 36.1 Å². The van der Waals surface area contributed by atoms with Crippen LogP contribution in [0, 0.1) is 0 Å². The van der Waals surface area contributed by atoms with Crippen LogP contribution in [0.3, 0.4) is 0 Å². The first-order valence-electron chi connectivity index (χ1n) is 9.17. The Morgan fingerprint density at radius 2 is 1.53 bits per heavy atom. The maximum absolute atomic E-state index is 12.8. The molecule has 0 aromatic heterocycles. The summed E-state index contributed by atoms with van der Waals surface area (Å²) < 4.78 is 54.1. The van der Waals surface area contributed by atoms with Crippen molar-refractivity contribution in [3.63, 3.8) is 0 Å². The van der Waals surface area contributed by atoms with E-state index in [1.54, 1.807) is 42.5 Å². The van der Waals surface area contributed by atoms with Crippen molar-refractivity contribution in [3.05, 3.63) is 72.3 Å². The summed E-state index contributed by atoms with van der Waals surface area (Å²) in [5, 5.41) is 8.00. The molecule has 168 valence electrons. The standard InChI is InChI=1S/C21H21N3O6S2/c1-30-19-12-11-16(24-31(2,26)27)13-18(19)21(25)23-15-9-7-14(8-10-15)17-5-3-4-6-20(17)32(22,28)29/h3-13,24H,1-2H3,(H,23,25)(H2,22,28,29). The molecule has 11 heteroatoms. The Hall–Kier alpha value is -3.41. The summed E-state index contributed by atoms with van der Waals surface area (Å²) in [6.07, 6.45) is 1.01. The number of carbonyl (C=O) groups excluding carboxylic acids is 1. The molecule has 0 unspecified atom stereocenters. The van der Waals surface area contributed by atoms with Gasteiger partial charge in [-0.3, -0.25) is 9.52 Å². The van der Waals surface area contributed by atoms with Crippen molar-refractivity contribution in [2.24, 2.45) is 5.14 Å². The van der Waals surface area contributed by atoms with E-state index in [1.807, 2.05) is 0 Å². The number of hydrogen-bond donors (Lipinski definition) is 3. The lowest BCUT2D eigenvalue weighted by Crippen LogP contribution is -2.15. The lowest BCUT2D eigenvalue weighted by molar-refractivity contribution is 0.102. The average molecular weight is 476 g/mol. The predicted octanol–water partition coefficient (Wildman–Crippen LogP) is 2.63. The lowest BCUT2D eigenvalue weighted by Gasteiger charge is -2.13. The zero-order valence-electron chi connectivity index (χ0n) is 17.2. The van der Waals surface area contributed by atoms with Gasteiger partial charge in [-0.2, -0.15) is 0 Å². The Labute approximate surface area is 186 Å². The smallest absolute Gasteiger partial charge is 0.259 e. The maximum Gasteiger partial charge on any atom is 0.259 e. The molecule has 3 rings (SSSR count). The topological polar surface area (TPSA) is 145 Å². The highest BCUT2D eigenvalue weighted by atomic mass is 32.2. The molecule has 9 nitrogen and oxygen atoms in total. The number of benzene rings is 3. The van der Waals surface area contributed by atoms with Gasteiger partial charge in [0, 0.05) is 16.9 Å². The van der Waals surface area contributed by atoms with Gasteiger partial charge in [-0.05, 0) is 42.0 Å². The molecule has 0 spiro atoms. The zero-order chi connectivity index (χ0) is 23.5. The molecule has 0 saturated carbocycles. The number of carbonyl (C=O) groups is 1. The monoisotopic (exact) mass is 475 g/mol. The van der Waals surface area contributed by atoms with E-state index in [0.717, 1.165) is 6.26 Å². The van der Waals surface area contributed by atoms with Crippen molar-refractivity contribution in [3.8, 4) is 16.9 Å². The van der Waals surface area contributed by atoms with Crippen molar-refractivity contribution in [2.75, 3.05) is 23.4 Å². The highest BCUT2D eigenvalue weighted by Crippen LogP contribution is 2.28. The number of hydrogen-bond acceptors (Lipinski definition) is 6. The van der Waals surface area contributed by atoms with Gasteiger partial charge in [0.1, 0.15) is 5.75 Å². The van der Waals surface area contributed by atoms with Gasteiger partial charge >= 0.3 is 0 Å². The number of primary sulfonamides is 1. The third-order valence-electron chi connectivity index (χ3n) is 4.39. The predicted molar refractivity (Wildman–Crippen MR) is 123 cm³/mol. The molecule has 1 amide bonds. The first-order chi connectivity index (χ1) is 15.0. The number of anilines is 2. The number of methoxy groups -OCH3 is 1. The van der Waals surface area contributed by atoms with E-state index in [-0.39, 0.29) is 21.9 Å². The maximum atomic E-state index is 12.8. The Morgan fingerprint density at radius 3 is 2.12 bits per heavy atom. The third kappa shape index (κ3) is 5.63. The highest BCUT2D eigenvalue weighted by Gasteiger charge is 2.16. The molecule has 3 aromatic carbocycles. The van der Waals surface area contributed by atoms with Crippen molar-refractivity contribution >= 4 is 37.3 Å². The van der Waals surface area contributed by atoms with E-state index >= 15 is 0 Å². The number of nitrogens with one attached hydrogen (secondary N) is 2. The SMILES string of the molecule is COc1ccc(NS(C)(=O)=O)cc1C(=O)Nc1ccc(-c2ccccc2S(N)(=O)=O)cc1.